The maximum absolute atomic E-state index is 14.5. The molecule has 0 aliphatic carbocycles. The molecule has 17 heteroatoms. The highest BCUT2D eigenvalue weighted by atomic mass is 35.5. The molecule has 2 aliphatic rings. The zero-order valence-corrected chi connectivity index (χ0v) is 35.9. The van der Waals surface area contributed by atoms with Gasteiger partial charge < -0.3 is 24.8 Å². The van der Waals surface area contributed by atoms with E-state index in [4.69, 9.17) is 31.1 Å². The number of hydrogen-bond donors (Lipinski definition) is 2. The van der Waals surface area contributed by atoms with Crippen LogP contribution < -0.4 is 11.1 Å². The number of oxime groups is 1. The van der Waals surface area contributed by atoms with Crippen LogP contribution in [0.3, 0.4) is 0 Å². The Kier molecular flexibility index (Phi) is 12.2. The van der Waals surface area contributed by atoms with Crippen molar-refractivity contribution in [2.45, 2.75) is 23.1 Å². The van der Waals surface area contributed by atoms with Gasteiger partial charge in [-0.25, -0.2) is 9.78 Å². The van der Waals surface area contributed by atoms with Crippen molar-refractivity contribution in [1.29, 1.82) is 0 Å². The first-order chi connectivity index (χ1) is 29.9. The average Bonchev–Trinajstić information content (AvgIpc) is 3.63. The second-order valence-electron chi connectivity index (χ2n) is 14.0. The second kappa shape index (κ2) is 17.9. The van der Waals surface area contributed by atoms with Gasteiger partial charge in [-0.15, -0.1) is 11.8 Å². The monoisotopic (exact) mass is 905 g/mol. The molecular weight excluding hydrogens is 870 g/mol. The van der Waals surface area contributed by atoms with E-state index < -0.39 is 56.7 Å². The number of anilines is 1. The largest absolute Gasteiger partial charge is 0.448 e. The molecule has 2 amide bonds. The van der Waals surface area contributed by atoms with Crippen LogP contribution in [0.1, 0.15) is 39.6 Å². The molecule has 3 N–H and O–H groups in total. The first-order valence-electron chi connectivity index (χ1n) is 19.0. The molecule has 0 bridgehead atoms. The van der Waals surface area contributed by atoms with Gasteiger partial charge in [-0.2, -0.15) is 8.42 Å². The number of carbonyl (C=O) groups excluding carboxylic acids is 3. The number of fused-ring (bicyclic) bond motifs is 1. The number of esters is 1. The number of nitrogens with zero attached hydrogens (tertiary/aromatic N) is 3. The van der Waals surface area contributed by atoms with Gasteiger partial charge in [0.15, 0.2) is 28.4 Å². The molecular formula is C45H36ClN5O8S3. The molecule has 0 spiro atoms. The van der Waals surface area contributed by atoms with Crippen LogP contribution >= 0.6 is 34.7 Å². The fourth-order valence-electron chi connectivity index (χ4n) is 7.23. The lowest BCUT2D eigenvalue weighted by Crippen LogP contribution is -2.71. The third kappa shape index (κ3) is 8.54. The summed E-state index contributed by atoms with van der Waals surface area (Å²) in [6, 6.07) is 44.7. The minimum atomic E-state index is -4.16. The fourth-order valence-corrected chi connectivity index (χ4v) is 9.99. The number of benzene rings is 5. The Morgan fingerprint density at radius 2 is 1.32 bits per heavy atom. The summed E-state index contributed by atoms with van der Waals surface area (Å²) in [7, 11) is -4.16. The van der Waals surface area contributed by atoms with Gasteiger partial charge in [-0.3, -0.25) is 14.5 Å². The van der Waals surface area contributed by atoms with Gasteiger partial charge in [0.05, 0.1) is 12.0 Å². The van der Waals surface area contributed by atoms with Crippen LogP contribution in [0.15, 0.2) is 168 Å². The first-order valence-corrected chi connectivity index (χ1v) is 23.0. The van der Waals surface area contributed by atoms with Gasteiger partial charge in [-0.05, 0) is 11.1 Å². The minimum Gasteiger partial charge on any atom is -0.448 e. The number of thiazole rings is 1. The number of nitrogen functional groups attached to an aromatic ring is 1. The number of nitrogens with one attached hydrogen (secondary N) is 1. The zero-order chi connectivity index (χ0) is 43.4. The van der Waals surface area contributed by atoms with Crippen LogP contribution in [-0.4, -0.2) is 65.2 Å². The van der Waals surface area contributed by atoms with E-state index in [1.54, 1.807) is 48.5 Å². The number of hydrogen-bond acceptors (Lipinski definition) is 13. The van der Waals surface area contributed by atoms with Gasteiger partial charge in [0, 0.05) is 16.7 Å². The molecule has 2 aliphatic heterocycles. The summed E-state index contributed by atoms with van der Waals surface area (Å²) in [5.74, 6) is -3.10. The van der Waals surface area contributed by atoms with E-state index in [0.29, 0.717) is 27.8 Å². The van der Waals surface area contributed by atoms with Crippen molar-refractivity contribution in [2.24, 2.45) is 5.16 Å². The van der Waals surface area contributed by atoms with Crippen LogP contribution in [0.25, 0.3) is 0 Å². The van der Waals surface area contributed by atoms with Crippen molar-refractivity contribution in [3.8, 4) is 0 Å². The third-order valence-electron chi connectivity index (χ3n) is 9.95. The molecule has 1 fully saturated rings. The Labute approximate surface area is 370 Å². The molecule has 5 aromatic carbocycles. The van der Waals surface area contributed by atoms with Crippen molar-refractivity contribution < 1.29 is 36.6 Å². The standard InChI is InChI=1S/C45H36ClN5O8S3/c1-62(55,56)58-33-27-60-42-36(41(53)51(42)37(33)43(54)57-38(28-17-7-2-8-18-28)29-19-9-3-10-20-29)48-40(52)35(34-39(46)61-44(47)49-34)50-59-45(30-21-11-4-12-22-30,31-23-13-5-14-24-31)32-25-15-6-16-26-32/h2-26,36,38,42H,27H2,1H3,(H2,47,49)(H,48,52)/b50-35-/t36-,42+/m1/s1. The zero-order valence-electron chi connectivity index (χ0n) is 32.7. The topological polar surface area (TPSA) is 180 Å². The molecule has 0 unspecified atom stereocenters. The summed E-state index contributed by atoms with van der Waals surface area (Å²) in [6.45, 7) is 0. The number of amides is 2. The van der Waals surface area contributed by atoms with E-state index >= 15 is 0 Å². The number of nitrogens with two attached hydrogens (primary N) is 1. The Hall–Kier alpha value is -6.46. The summed E-state index contributed by atoms with van der Waals surface area (Å²) in [4.78, 5) is 55.0. The van der Waals surface area contributed by atoms with E-state index in [2.05, 4.69) is 15.5 Å². The maximum Gasteiger partial charge on any atom is 0.359 e. The first kappa shape index (κ1) is 42.2. The number of rotatable bonds is 14. The average molecular weight is 906 g/mol. The number of β-lactam (4-membered cyclic amide) rings is 1. The normalized spacial score (nSPS) is 16.6. The van der Waals surface area contributed by atoms with Crippen molar-refractivity contribution in [1.82, 2.24) is 15.2 Å². The Morgan fingerprint density at radius 1 is 0.839 bits per heavy atom. The van der Waals surface area contributed by atoms with E-state index in [0.717, 1.165) is 34.3 Å². The molecule has 2 atom stereocenters. The molecule has 0 saturated carbocycles. The van der Waals surface area contributed by atoms with Crippen LogP contribution in [-0.2, 0) is 43.9 Å². The van der Waals surface area contributed by atoms with Crippen molar-refractivity contribution >= 4 is 73.4 Å². The Morgan fingerprint density at radius 3 is 1.77 bits per heavy atom. The number of halogens is 1. The highest BCUT2D eigenvalue weighted by molar-refractivity contribution is 8.00. The van der Waals surface area contributed by atoms with Gasteiger partial charge >= 0.3 is 16.1 Å². The molecule has 1 saturated heterocycles. The summed E-state index contributed by atoms with van der Waals surface area (Å²) in [6.07, 6.45) is -0.0979. The van der Waals surface area contributed by atoms with Crippen molar-refractivity contribution in [3.63, 3.8) is 0 Å². The van der Waals surface area contributed by atoms with Crippen molar-refractivity contribution in [3.05, 3.63) is 201 Å². The molecule has 62 heavy (non-hydrogen) atoms. The van der Waals surface area contributed by atoms with E-state index in [1.807, 2.05) is 103 Å². The van der Waals surface area contributed by atoms with E-state index in [1.165, 1.54) is 0 Å². The summed E-state index contributed by atoms with van der Waals surface area (Å²) in [5.41, 5.74) is 7.10. The quantitative estimate of drug-likeness (QED) is 0.0287. The van der Waals surface area contributed by atoms with Crippen LogP contribution in [0.2, 0.25) is 4.34 Å². The van der Waals surface area contributed by atoms with Crippen LogP contribution in [0, 0.1) is 0 Å². The SMILES string of the molecule is CS(=O)(=O)OC1=C(C(=O)OC(c2ccccc2)c2ccccc2)N2C(=O)[C@@H](NC(=O)/C(=N\OC(c3ccccc3)(c3ccccc3)c3ccccc3)c3nc(N)sc3Cl)[C@@H]2SC1. The summed E-state index contributed by atoms with van der Waals surface area (Å²) < 4.78 is 36.3. The molecule has 0 radical (unpaired) electrons. The molecule has 13 nitrogen and oxygen atoms in total. The molecule has 6 aromatic rings. The second-order valence-corrected chi connectivity index (χ2v) is 18.3. The van der Waals surface area contributed by atoms with E-state index in [-0.39, 0.29) is 32.4 Å². The molecule has 8 rings (SSSR count). The maximum atomic E-state index is 14.5. The lowest BCUT2D eigenvalue weighted by Gasteiger charge is -2.49. The highest BCUT2D eigenvalue weighted by Crippen LogP contribution is 2.44. The lowest BCUT2D eigenvalue weighted by atomic mass is 9.80. The van der Waals surface area contributed by atoms with Gasteiger partial charge in [0.2, 0.25) is 5.60 Å². The number of thioether (sulfide) groups is 1. The Balaban J connectivity index is 1.14. The fraction of sp³-hybridized carbons (Fsp3) is 0.133. The smallest absolute Gasteiger partial charge is 0.359 e. The van der Waals surface area contributed by atoms with Gasteiger partial charge in [0.1, 0.15) is 21.4 Å². The summed E-state index contributed by atoms with van der Waals surface area (Å²) in [5, 5.41) is 6.40. The van der Waals surface area contributed by atoms with Gasteiger partial charge in [-0.1, -0.05) is 180 Å². The number of carbonyl (C=O) groups is 3. The molecule has 314 valence electrons. The molecule has 1 aromatic heterocycles. The summed E-state index contributed by atoms with van der Waals surface area (Å²) >= 11 is 8.62. The van der Waals surface area contributed by atoms with Gasteiger partial charge in [0.25, 0.3) is 11.8 Å². The number of aromatic nitrogens is 1. The number of ether oxygens (including phenoxy) is 1. The van der Waals surface area contributed by atoms with Crippen LogP contribution in [0.4, 0.5) is 5.13 Å². The lowest BCUT2D eigenvalue weighted by molar-refractivity contribution is -0.154. The predicted octanol–water partition coefficient (Wildman–Crippen LogP) is 7.01. The highest BCUT2D eigenvalue weighted by Gasteiger charge is 2.56. The predicted molar refractivity (Wildman–Crippen MR) is 237 cm³/mol. The van der Waals surface area contributed by atoms with Crippen LogP contribution in [0.5, 0.6) is 0 Å². The molecule has 3 heterocycles. The third-order valence-corrected chi connectivity index (χ3v) is 12.8. The minimum absolute atomic E-state index is 0.0419. The van der Waals surface area contributed by atoms with E-state index in [9.17, 15) is 22.8 Å². The Bertz CT molecular complexity index is 2640. The van der Waals surface area contributed by atoms with Crippen molar-refractivity contribution in [2.75, 3.05) is 17.7 Å².